The maximum atomic E-state index is 6.04. The van der Waals surface area contributed by atoms with Crippen molar-refractivity contribution in [2.24, 2.45) is 0 Å². The second kappa shape index (κ2) is 5.78. The summed E-state index contributed by atoms with van der Waals surface area (Å²) in [6.07, 6.45) is 0. The van der Waals surface area contributed by atoms with Crippen LogP contribution in [-0.4, -0.2) is 7.11 Å². The van der Waals surface area contributed by atoms with Gasteiger partial charge in [-0.1, -0.05) is 40.9 Å². The molecule has 0 spiro atoms. The van der Waals surface area contributed by atoms with Gasteiger partial charge in [-0.2, -0.15) is 0 Å². The Morgan fingerprint density at radius 1 is 0.895 bits per heavy atom. The molecule has 0 atom stereocenters. The Hall–Kier alpha value is -1.29. The topological polar surface area (TPSA) is 44.5 Å². The molecule has 0 aromatic heterocycles. The lowest BCUT2D eigenvalue weighted by molar-refractivity contribution is 0.412. The molecular formula is C13H10Cl3NO2. The minimum absolute atomic E-state index is 0.344. The van der Waals surface area contributed by atoms with E-state index in [1.54, 1.807) is 18.2 Å². The lowest BCUT2D eigenvalue weighted by atomic mass is 10.2. The average Bonchev–Trinajstić information content (AvgIpc) is 2.38. The summed E-state index contributed by atoms with van der Waals surface area (Å²) in [5.41, 5.74) is 6.29. The Bertz CT molecular complexity index is 617. The summed E-state index contributed by atoms with van der Waals surface area (Å²) < 4.78 is 10.7. The smallest absolute Gasteiger partial charge is 0.154 e. The van der Waals surface area contributed by atoms with Gasteiger partial charge in [0.25, 0.3) is 0 Å². The normalized spacial score (nSPS) is 10.3. The number of anilines is 1. The van der Waals surface area contributed by atoms with Crippen LogP contribution in [0.5, 0.6) is 17.2 Å². The predicted octanol–water partition coefficient (Wildman–Crippen LogP) is 5.03. The molecule has 0 amide bonds. The van der Waals surface area contributed by atoms with Crippen molar-refractivity contribution in [2.75, 3.05) is 12.8 Å². The Balaban J connectivity index is 2.39. The highest BCUT2D eigenvalue weighted by molar-refractivity contribution is 6.43. The van der Waals surface area contributed by atoms with Gasteiger partial charge in [0.2, 0.25) is 0 Å². The number of benzene rings is 2. The standard InChI is InChI=1S/C13H10Cl3NO2/c1-18-10-3-2-4-11(13(10)17)19-12-6-8(15)7(14)5-9(12)16/h2-6H,17H2,1H3. The van der Waals surface area contributed by atoms with Crippen molar-refractivity contribution >= 4 is 40.5 Å². The number of rotatable bonds is 3. The van der Waals surface area contributed by atoms with Gasteiger partial charge in [-0.15, -0.1) is 0 Å². The first kappa shape index (κ1) is 14.1. The third-order valence-corrected chi connectivity index (χ3v) is 3.46. The van der Waals surface area contributed by atoms with Crippen molar-refractivity contribution in [3.8, 4) is 17.2 Å². The van der Waals surface area contributed by atoms with Gasteiger partial charge in [0, 0.05) is 6.07 Å². The van der Waals surface area contributed by atoms with Crippen molar-refractivity contribution in [1.29, 1.82) is 0 Å². The van der Waals surface area contributed by atoms with Crippen LogP contribution in [-0.2, 0) is 0 Å². The second-order valence-electron chi connectivity index (χ2n) is 3.67. The lowest BCUT2D eigenvalue weighted by Crippen LogP contribution is -1.96. The number of hydrogen-bond acceptors (Lipinski definition) is 3. The highest BCUT2D eigenvalue weighted by Crippen LogP contribution is 2.39. The van der Waals surface area contributed by atoms with Gasteiger partial charge in [0.05, 0.1) is 22.2 Å². The molecule has 0 saturated heterocycles. The van der Waals surface area contributed by atoms with E-state index >= 15 is 0 Å². The van der Waals surface area contributed by atoms with E-state index in [0.29, 0.717) is 38.0 Å². The molecule has 0 fully saturated rings. The zero-order chi connectivity index (χ0) is 14.0. The number of hydrogen-bond donors (Lipinski definition) is 1. The maximum absolute atomic E-state index is 6.04. The second-order valence-corrected chi connectivity index (χ2v) is 4.89. The molecule has 100 valence electrons. The average molecular weight is 319 g/mol. The molecule has 0 radical (unpaired) electrons. The molecule has 0 aliphatic heterocycles. The fraction of sp³-hybridized carbons (Fsp3) is 0.0769. The number of para-hydroxylation sites is 1. The molecule has 19 heavy (non-hydrogen) atoms. The summed E-state index contributed by atoms with van der Waals surface area (Å²) >= 11 is 17.8. The Kier molecular flexibility index (Phi) is 4.30. The highest BCUT2D eigenvalue weighted by Gasteiger charge is 2.11. The van der Waals surface area contributed by atoms with Crippen molar-refractivity contribution in [2.45, 2.75) is 0 Å². The largest absolute Gasteiger partial charge is 0.494 e. The van der Waals surface area contributed by atoms with Crippen LogP contribution < -0.4 is 15.2 Å². The first-order chi connectivity index (χ1) is 9.02. The van der Waals surface area contributed by atoms with E-state index in [1.165, 1.54) is 19.2 Å². The fourth-order valence-electron chi connectivity index (χ4n) is 1.49. The monoisotopic (exact) mass is 317 g/mol. The highest BCUT2D eigenvalue weighted by atomic mass is 35.5. The van der Waals surface area contributed by atoms with E-state index in [-0.39, 0.29) is 0 Å². The van der Waals surface area contributed by atoms with Crippen LogP contribution in [0.2, 0.25) is 15.1 Å². The number of methoxy groups -OCH3 is 1. The predicted molar refractivity (Wildman–Crippen MR) is 79.0 cm³/mol. The van der Waals surface area contributed by atoms with E-state index in [9.17, 15) is 0 Å². The van der Waals surface area contributed by atoms with Crippen LogP contribution >= 0.6 is 34.8 Å². The number of nitrogens with two attached hydrogens (primary N) is 1. The van der Waals surface area contributed by atoms with Crippen molar-refractivity contribution in [3.63, 3.8) is 0 Å². The van der Waals surface area contributed by atoms with Gasteiger partial charge in [-0.05, 0) is 18.2 Å². The van der Waals surface area contributed by atoms with Gasteiger partial charge in [-0.25, -0.2) is 0 Å². The van der Waals surface area contributed by atoms with Crippen LogP contribution in [0.1, 0.15) is 0 Å². The summed E-state index contributed by atoms with van der Waals surface area (Å²) in [6.45, 7) is 0. The molecule has 0 aliphatic rings. The first-order valence-electron chi connectivity index (χ1n) is 5.27. The van der Waals surface area contributed by atoms with E-state index in [1.807, 2.05) is 0 Å². The summed E-state index contributed by atoms with van der Waals surface area (Å²) in [5, 5.41) is 1.05. The molecule has 2 aromatic carbocycles. The summed E-state index contributed by atoms with van der Waals surface area (Å²) in [4.78, 5) is 0. The number of ether oxygens (including phenoxy) is 2. The fourth-order valence-corrected chi connectivity index (χ4v) is 2.07. The minimum atomic E-state index is 0.344. The molecule has 2 N–H and O–H groups in total. The molecule has 0 saturated carbocycles. The molecule has 3 nitrogen and oxygen atoms in total. The van der Waals surface area contributed by atoms with Crippen LogP contribution in [0.15, 0.2) is 30.3 Å². The molecule has 0 bridgehead atoms. The van der Waals surface area contributed by atoms with Crippen molar-refractivity contribution in [3.05, 3.63) is 45.4 Å². The van der Waals surface area contributed by atoms with Crippen LogP contribution in [0.4, 0.5) is 5.69 Å². The number of halogens is 3. The van der Waals surface area contributed by atoms with Crippen molar-refractivity contribution in [1.82, 2.24) is 0 Å². The third kappa shape index (κ3) is 3.00. The number of nitrogen functional groups attached to an aromatic ring is 1. The molecule has 6 heteroatoms. The van der Waals surface area contributed by atoms with Crippen molar-refractivity contribution < 1.29 is 9.47 Å². The molecule has 0 heterocycles. The van der Waals surface area contributed by atoms with Gasteiger partial charge in [0.1, 0.15) is 17.2 Å². The third-order valence-electron chi connectivity index (χ3n) is 2.44. The zero-order valence-electron chi connectivity index (χ0n) is 9.91. The van der Waals surface area contributed by atoms with E-state index in [2.05, 4.69) is 0 Å². The molecule has 0 unspecified atom stereocenters. The Morgan fingerprint density at radius 3 is 2.21 bits per heavy atom. The van der Waals surface area contributed by atoms with E-state index in [4.69, 9.17) is 50.0 Å². The first-order valence-corrected chi connectivity index (χ1v) is 6.41. The molecule has 2 rings (SSSR count). The van der Waals surface area contributed by atoms with Crippen LogP contribution in [0, 0.1) is 0 Å². The quantitative estimate of drug-likeness (QED) is 0.637. The lowest BCUT2D eigenvalue weighted by Gasteiger charge is -2.12. The summed E-state index contributed by atoms with van der Waals surface area (Å²) in [5.74, 6) is 1.32. The van der Waals surface area contributed by atoms with E-state index < -0.39 is 0 Å². The van der Waals surface area contributed by atoms with Gasteiger partial charge < -0.3 is 15.2 Å². The van der Waals surface area contributed by atoms with Gasteiger partial charge in [-0.3, -0.25) is 0 Å². The van der Waals surface area contributed by atoms with Gasteiger partial charge in [0.15, 0.2) is 5.75 Å². The minimum Gasteiger partial charge on any atom is -0.494 e. The Labute approximate surface area is 125 Å². The van der Waals surface area contributed by atoms with Crippen LogP contribution in [0.25, 0.3) is 0 Å². The maximum Gasteiger partial charge on any atom is 0.154 e. The molecule has 0 aliphatic carbocycles. The SMILES string of the molecule is COc1cccc(Oc2cc(Cl)c(Cl)cc2Cl)c1N. The van der Waals surface area contributed by atoms with Gasteiger partial charge >= 0.3 is 0 Å². The summed E-state index contributed by atoms with van der Waals surface area (Å²) in [6, 6.07) is 8.24. The van der Waals surface area contributed by atoms with Crippen LogP contribution in [0.3, 0.4) is 0 Å². The van der Waals surface area contributed by atoms with E-state index in [0.717, 1.165) is 0 Å². The zero-order valence-corrected chi connectivity index (χ0v) is 12.2. The molecular weight excluding hydrogens is 309 g/mol. The Morgan fingerprint density at radius 2 is 1.53 bits per heavy atom. The summed E-state index contributed by atoms with van der Waals surface area (Å²) in [7, 11) is 1.53. The molecule has 2 aromatic rings.